The molecule has 0 fully saturated rings. The van der Waals surface area contributed by atoms with Crippen molar-refractivity contribution in [2.45, 2.75) is 0 Å². The molecule has 3 heteroatoms. The summed E-state index contributed by atoms with van der Waals surface area (Å²) in [5.41, 5.74) is 7.48. The summed E-state index contributed by atoms with van der Waals surface area (Å²) in [6.07, 6.45) is 2.77. The molecular weight excluding hydrogens is 174 g/mol. The highest BCUT2D eigenvalue weighted by molar-refractivity contribution is 6.30. The first-order chi connectivity index (χ1) is 5.68. The smallest absolute Gasteiger partial charge is 0.262 e. The third-order valence-corrected chi connectivity index (χ3v) is 1.55. The van der Waals surface area contributed by atoms with Gasteiger partial charge in [-0.15, -0.1) is 0 Å². The van der Waals surface area contributed by atoms with Crippen LogP contribution in [0.5, 0.6) is 0 Å². The van der Waals surface area contributed by atoms with Crippen LogP contribution >= 0.6 is 11.6 Å². The zero-order valence-corrected chi connectivity index (χ0v) is 7.01. The van der Waals surface area contributed by atoms with Crippen molar-refractivity contribution >= 4 is 23.6 Å². The minimum Gasteiger partial charge on any atom is -0.268 e. The first kappa shape index (κ1) is 8.81. The number of amides is 1. The van der Waals surface area contributed by atoms with Gasteiger partial charge in [0, 0.05) is 11.1 Å². The van der Waals surface area contributed by atoms with E-state index in [1.54, 1.807) is 30.3 Å². The number of carbonyl (C=O) groups is 1. The van der Waals surface area contributed by atoms with Gasteiger partial charge in [0.2, 0.25) is 0 Å². The van der Waals surface area contributed by atoms with Crippen molar-refractivity contribution in [3.8, 4) is 0 Å². The van der Waals surface area contributed by atoms with Crippen LogP contribution in [0.25, 0.3) is 6.08 Å². The molecule has 0 heterocycles. The van der Waals surface area contributed by atoms with Crippen molar-refractivity contribution in [1.29, 1.82) is 0 Å². The zero-order chi connectivity index (χ0) is 8.97. The summed E-state index contributed by atoms with van der Waals surface area (Å²) in [7, 11) is 0. The van der Waals surface area contributed by atoms with Gasteiger partial charge in [0.05, 0.1) is 0 Å². The molecule has 61 valence electrons. The first-order valence-electron chi connectivity index (χ1n) is 3.38. The number of carbonyl (C=O) groups excluding carboxylic acids is 1. The Balaban J connectivity index is 2.77. The van der Waals surface area contributed by atoms with Crippen molar-refractivity contribution in [1.82, 2.24) is 5.73 Å². The quantitative estimate of drug-likeness (QED) is 0.643. The average molecular weight is 181 g/mol. The molecule has 1 amide bonds. The molecule has 0 aromatic heterocycles. The molecule has 1 radical (unpaired) electrons. The number of halogens is 1. The molecule has 0 saturated carbocycles. The Morgan fingerprint density at radius 1 is 1.33 bits per heavy atom. The molecule has 1 rings (SSSR count). The van der Waals surface area contributed by atoms with Crippen LogP contribution in [-0.2, 0) is 4.79 Å². The Bertz CT molecular complexity index is 303. The molecule has 0 aliphatic heterocycles. The van der Waals surface area contributed by atoms with Gasteiger partial charge in [-0.05, 0) is 23.8 Å². The van der Waals surface area contributed by atoms with E-state index >= 15 is 0 Å². The van der Waals surface area contributed by atoms with Gasteiger partial charge in [0.15, 0.2) is 0 Å². The predicted octanol–water partition coefficient (Wildman–Crippen LogP) is 2.16. The second-order valence-electron chi connectivity index (χ2n) is 2.25. The lowest BCUT2D eigenvalue weighted by atomic mass is 10.2. The molecule has 0 unspecified atom stereocenters. The number of rotatable bonds is 2. The van der Waals surface area contributed by atoms with E-state index in [2.05, 4.69) is 0 Å². The van der Waals surface area contributed by atoms with E-state index in [0.717, 1.165) is 5.56 Å². The highest BCUT2D eigenvalue weighted by Gasteiger charge is 1.88. The summed E-state index contributed by atoms with van der Waals surface area (Å²) < 4.78 is 0. The number of hydrogen-bond acceptors (Lipinski definition) is 1. The Labute approximate surface area is 75.6 Å². The van der Waals surface area contributed by atoms with E-state index in [9.17, 15) is 4.79 Å². The van der Waals surface area contributed by atoms with Gasteiger partial charge in [-0.3, -0.25) is 10.5 Å². The maximum absolute atomic E-state index is 10.2. The lowest BCUT2D eigenvalue weighted by molar-refractivity contribution is -0.114. The number of benzene rings is 1. The fraction of sp³-hybridized carbons (Fsp3) is 0. The van der Waals surface area contributed by atoms with Crippen LogP contribution in [0.2, 0.25) is 5.02 Å². The molecule has 1 aromatic rings. The normalized spacial score (nSPS) is 10.4. The standard InChI is InChI=1S/C9H7ClNO/c10-8-4-1-7(2-5-8)3-6-9(11)12/h1-6,11H. The van der Waals surface area contributed by atoms with Crippen molar-refractivity contribution < 1.29 is 4.79 Å². The van der Waals surface area contributed by atoms with Crippen molar-refractivity contribution in [2.75, 3.05) is 0 Å². The summed E-state index contributed by atoms with van der Waals surface area (Å²) in [5.74, 6) is -0.704. The third kappa shape index (κ3) is 2.76. The van der Waals surface area contributed by atoms with Crippen LogP contribution in [0, 0.1) is 0 Å². The fourth-order valence-corrected chi connectivity index (χ4v) is 0.872. The predicted molar refractivity (Wildman–Crippen MR) is 48.6 cm³/mol. The van der Waals surface area contributed by atoms with Crippen LogP contribution in [0.3, 0.4) is 0 Å². The van der Waals surface area contributed by atoms with Crippen molar-refractivity contribution in [3.05, 3.63) is 40.9 Å². The van der Waals surface area contributed by atoms with E-state index in [1.807, 2.05) is 0 Å². The molecule has 1 N–H and O–H groups in total. The third-order valence-electron chi connectivity index (χ3n) is 1.30. The topological polar surface area (TPSA) is 40.9 Å². The molecular formula is C9H7ClNO. The van der Waals surface area contributed by atoms with Crippen LogP contribution in [0.1, 0.15) is 5.56 Å². The second kappa shape index (κ2) is 3.93. The Morgan fingerprint density at radius 3 is 2.42 bits per heavy atom. The fourth-order valence-electron chi connectivity index (χ4n) is 0.746. The zero-order valence-electron chi connectivity index (χ0n) is 6.25. The van der Waals surface area contributed by atoms with E-state index in [-0.39, 0.29) is 0 Å². The van der Waals surface area contributed by atoms with Crippen LogP contribution in [0.4, 0.5) is 0 Å². The van der Waals surface area contributed by atoms with Gasteiger partial charge in [0.25, 0.3) is 5.91 Å². The maximum Gasteiger partial charge on any atom is 0.262 e. The van der Waals surface area contributed by atoms with Crippen molar-refractivity contribution in [3.63, 3.8) is 0 Å². The number of hydrogen-bond donors (Lipinski definition) is 0. The van der Waals surface area contributed by atoms with E-state index in [4.69, 9.17) is 17.3 Å². The highest BCUT2D eigenvalue weighted by atomic mass is 35.5. The lowest BCUT2D eigenvalue weighted by Crippen LogP contribution is -1.88. The van der Waals surface area contributed by atoms with Crippen molar-refractivity contribution in [2.24, 2.45) is 0 Å². The summed E-state index contributed by atoms with van der Waals surface area (Å²) in [4.78, 5) is 10.2. The average Bonchev–Trinajstić information content (AvgIpc) is 2.03. The Kier molecular flexibility index (Phi) is 2.88. The molecule has 1 aromatic carbocycles. The van der Waals surface area contributed by atoms with Gasteiger partial charge in [-0.1, -0.05) is 23.7 Å². The molecule has 0 aliphatic carbocycles. The van der Waals surface area contributed by atoms with E-state index < -0.39 is 5.91 Å². The summed E-state index contributed by atoms with van der Waals surface area (Å²) in [5, 5.41) is 0.657. The maximum atomic E-state index is 10.2. The molecule has 0 saturated heterocycles. The van der Waals surface area contributed by atoms with Crippen LogP contribution in [0.15, 0.2) is 30.3 Å². The lowest BCUT2D eigenvalue weighted by Gasteiger charge is -1.91. The minimum absolute atomic E-state index is 0.657. The van der Waals surface area contributed by atoms with Gasteiger partial charge >= 0.3 is 0 Å². The summed E-state index contributed by atoms with van der Waals surface area (Å²) in [6, 6.07) is 7.02. The summed E-state index contributed by atoms with van der Waals surface area (Å²) in [6.45, 7) is 0. The molecule has 0 aliphatic rings. The van der Waals surface area contributed by atoms with E-state index in [1.165, 1.54) is 6.08 Å². The van der Waals surface area contributed by atoms with Gasteiger partial charge in [0.1, 0.15) is 0 Å². The minimum atomic E-state index is -0.704. The van der Waals surface area contributed by atoms with Gasteiger partial charge in [-0.2, -0.15) is 0 Å². The first-order valence-corrected chi connectivity index (χ1v) is 3.75. The Hall–Kier alpha value is -1.28. The molecule has 0 spiro atoms. The molecule has 12 heavy (non-hydrogen) atoms. The number of nitrogens with one attached hydrogen (secondary N) is 1. The van der Waals surface area contributed by atoms with Crippen LogP contribution in [-0.4, -0.2) is 5.91 Å². The summed E-state index contributed by atoms with van der Waals surface area (Å²) >= 11 is 5.65. The SMILES string of the molecule is [NH]C(=O)C=Cc1ccc(Cl)cc1. The molecule has 0 atom stereocenters. The highest BCUT2D eigenvalue weighted by Crippen LogP contribution is 2.10. The van der Waals surface area contributed by atoms with Gasteiger partial charge < -0.3 is 0 Å². The van der Waals surface area contributed by atoms with Gasteiger partial charge in [-0.25, -0.2) is 0 Å². The monoisotopic (exact) mass is 180 g/mol. The largest absolute Gasteiger partial charge is 0.268 e. The second-order valence-corrected chi connectivity index (χ2v) is 2.69. The van der Waals surface area contributed by atoms with Crippen LogP contribution < -0.4 is 5.73 Å². The molecule has 2 nitrogen and oxygen atoms in total. The Morgan fingerprint density at radius 2 is 1.92 bits per heavy atom. The van der Waals surface area contributed by atoms with E-state index in [0.29, 0.717) is 5.02 Å². The molecule has 0 bridgehead atoms.